The van der Waals surface area contributed by atoms with Crippen LogP contribution < -0.4 is 5.32 Å². The lowest BCUT2D eigenvalue weighted by Crippen LogP contribution is -2.15. The van der Waals surface area contributed by atoms with Gasteiger partial charge in [0.05, 0.1) is 0 Å². The van der Waals surface area contributed by atoms with Gasteiger partial charge in [-0.3, -0.25) is 0 Å². The standard InChI is InChI=1S/C5H10.C4H11N.2C4H10.C4H8/c1-4-5(2)3;1-4(2)5-3;3*1-4(2)3/h4H,1-3H3;4-5H,1-3H3;2*4H,1-3H3;1H2,2-3H3. The highest BCUT2D eigenvalue weighted by Crippen LogP contribution is 1.82. The first-order valence-electron chi connectivity index (χ1n) is 8.63. The van der Waals surface area contributed by atoms with Gasteiger partial charge in [0.15, 0.2) is 0 Å². The van der Waals surface area contributed by atoms with Gasteiger partial charge >= 0.3 is 0 Å². The third kappa shape index (κ3) is 559. The SMILES string of the molecule is C=C(C)C.CC(C)C.CC(C)C.CC=C(C)C.CNC(C)C. The number of nitrogens with one attached hydrogen (secondary N) is 1. The molecule has 0 spiro atoms. The van der Waals surface area contributed by atoms with Crippen molar-refractivity contribution < 1.29 is 0 Å². The summed E-state index contributed by atoms with van der Waals surface area (Å²) in [4.78, 5) is 0. The number of rotatable bonds is 1. The normalized spacial score (nSPS) is 8.23. The van der Waals surface area contributed by atoms with E-state index in [-0.39, 0.29) is 0 Å². The van der Waals surface area contributed by atoms with E-state index in [4.69, 9.17) is 0 Å². The summed E-state index contributed by atoms with van der Waals surface area (Å²) >= 11 is 0. The van der Waals surface area contributed by atoms with Gasteiger partial charge in [-0.2, -0.15) is 0 Å². The Morgan fingerprint density at radius 3 is 0.864 bits per heavy atom. The van der Waals surface area contributed by atoms with E-state index >= 15 is 0 Å². The van der Waals surface area contributed by atoms with Crippen molar-refractivity contribution in [3.63, 3.8) is 0 Å². The first-order valence-corrected chi connectivity index (χ1v) is 8.63. The van der Waals surface area contributed by atoms with Crippen molar-refractivity contribution in [3.8, 4) is 0 Å². The Labute approximate surface area is 144 Å². The zero-order chi connectivity index (χ0) is 19.3. The second-order valence-electron chi connectivity index (χ2n) is 7.48. The summed E-state index contributed by atoms with van der Waals surface area (Å²) in [5, 5.41) is 3.03. The van der Waals surface area contributed by atoms with Gasteiger partial charge in [-0.15, -0.1) is 6.58 Å². The molecule has 0 atom stereocenters. The van der Waals surface area contributed by atoms with E-state index in [0.717, 1.165) is 11.8 Å². The van der Waals surface area contributed by atoms with Crippen LogP contribution in [0.25, 0.3) is 0 Å². The predicted molar refractivity (Wildman–Crippen MR) is 111 cm³/mol. The highest BCUT2D eigenvalue weighted by Gasteiger charge is 1.77. The Bertz CT molecular complexity index is 190. The Hall–Kier alpha value is -0.560. The van der Waals surface area contributed by atoms with Crippen LogP contribution in [0.5, 0.6) is 0 Å². The maximum absolute atomic E-state index is 3.56. The molecule has 0 heterocycles. The molecule has 0 aromatic rings. The van der Waals surface area contributed by atoms with Crippen molar-refractivity contribution in [1.29, 1.82) is 0 Å². The highest BCUT2D eigenvalue weighted by atomic mass is 14.8. The first kappa shape index (κ1) is 33.1. The maximum atomic E-state index is 3.56. The Kier molecular flexibility index (Phi) is 43.1. The van der Waals surface area contributed by atoms with E-state index in [2.05, 4.69) is 87.2 Å². The minimum atomic E-state index is 0.634. The van der Waals surface area contributed by atoms with Crippen LogP contribution in [-0.4, -0.2) is 13.1 Å². The van der Waals surface area contributed by atoms with Gasteiger partial charge in [-0.25, -0.2) is 0 Å². The molecule has 1 heteroatoms. The monoisotopic (exact) mass is 315 g/mol. The molecule has 0 fully saturated rings. The summed E-state index contributed by atoms with van der Waals surface area (Å²) in [5.74, 6) is 1.67. The van der Waals surface area contributed by atoms with E-state index in [1.165, 1.54) is 11.1 Å². The van der Waals surface area contributed by atoms with Crippen LogP contribution in [0.3, 0.4) is 0 Å². The van der Waals surface area contributed by atoms with Crippen LogP contribution in [0.1, 0.15) is 90.0 Å². The second-order valence-corrected chi connectivity index (χ2v) is 7.48. The summed E-state index contributed by atoms with van der Waals surface area (Å²) in [5.41, 5.74) is 2.55. The van der Waals surface area contributed by atoms with Gasteiger partial charge in [-0.05, 0) is 53.5 Å². The van der Waals surface area contributed by atoms with Crippen molar-refractivity contribution in [2.45, 2.75) is 96.1 Å². The summed E-state index contributed by atoms with van der Waals surface area (Å²) in [7, 11) is 1.95. The smallest absolute Gasteiger partial charge is 0.000733 e. The average Bonchev–Trinajstić information content (AvgIpc) is 2.27. The summed E-state index contributed by atoms with van der Waals surface area (Å²) in [6, 6.07) is 0.634. The maximum Gasteiger partial charge on any atom is 0.000733 e. The summed E-state index contributed by atoms with van der Waals surface area (Å²) < 4.78 is 0. The fourth-order valence-electron chi connectivity index (χ4n) is 0. The number of allylic oxidation sites excluding steroid dienone is 3. The molecule has 1 nitrogen and oxygen atoms in total. The van der Waals surface area contributed by atoms with Crippen molar-refractivity contribution in [2.24, 2.45) is 11.8 Å². The van der Waals surface area contributed by atoms with Crippen molar-refractivity contribution >= 4 is 0 Å². The van der Waals surface area contributed by atoms with E-state index < -0.39 is 0 Å². The molecule has 0 radical (unpaired) electrons. The van der Waals surface area contributed by atoms with Gasteiger partial charge in [0.2, 0.25) is 0 Å². The van der Waals surface area contributed by atoms with Crippen LogP contribution in [0.15, 0.2) is 23.8 Å². The first-order chi connectivity index (χ1) is 9.74. The van der Waals surface area contributed by atoms with Crippen LogP contribution in [0, 0.1) is 11.8 Å². The molecule has 0 aliphatic heterocycles. The summed E-state index contributed by atoms with van der Waals surface area (Å²) in [6.45, 7) is 30.9. The van der Waals surface area contributed by atoms with Crippen molar-refractivity contribution in [1.82, 2.24) is 5.32 Å². The van der Waals surface area contributed by atoms with Gasteiger partial charge in [-0.1, -0.05) is 72.6 Å². The van der Waals surface area contributed by atoms with E-state index in [1.807, 2.05) is 27.8 Å². The molecule has 0 aromatic heterocycles. The number of hydrogen-bond donors (Lipinski definition) is 1. The molecule has 0 bridgehead atoms. The van der Waals surface area contributed by atoms with Gasteiger partial charge in [0.25, 0.3) is 0 Å². The fourth-order valence-corrected chi connectivity index (χ4v) is 0. The largest absolute Gasteiger partial charge is 0.318 e. The van der Waals surface area contributed by atoms with Gasteiger partial charge in [0.1, 0.15) is 0 Å². The molecule has 0 amide bonds. The van der Waals surface area contributed by atoms with E-state index in [0.29, 0.717) is 6.04 Å². The number of hydrogen-bond acceptors (Lipinski definition) is 1. The van der Waals surface area contributed by atoms with Crippen molar-refractivity contribution in [2.75, 3.05) is 7.05 Å². The fraction of sp³-hybridized carbons (Fsp3) is 0.810. The molecule has 0 unspecified atom stereocenters. The topological polar surface area (TPSA) is 12.0 Å². The molecule has 22 heavy (non-hydrogen) atoms. The highest BCUT2D eigenvalue weighted by molar-refractivity contribution is 4.88. The zero-order valence-corrected chi connectivity index (χ0v) is 18.5. The minimum absolute atomic E-state index is 0.634. The third-order valence-corrected chi connectivity index (χ3v) is 1.15. The lowest BCUT2D eigenvalue weighted by molar-refractivity contribution is 0.668. The summed E-state index contributed by atoms with van der Waals surface area (Å²) in [6.07, 6.45) is 2.08. The molecule has 0 rings (SSSR count). The van der Waals surface area contributed by atoms with Crippen LogP contribution >= 0.6 is 0 Å². The molecule has 0 saturated carbocycles. The predicted octanol–water partition coefficient (Wildman–Crippen LogP) is 7.49. The lowest BCUT2D eigenvalue weighted by atomic mass is 10.3. The molecular formula is C21H49N. The molecule has 0 saturated heterocycles. The Morgan fingerprint density at radius 2 is 0.864 bits per heavy atom. The van der Waals surface area contributed by atoms with Crippen molar-refractivity contribution in [3.05, 3.63) is 23.8 Å². The second kappa shape index (κ2) is 28.6. The van der Waals surface area contributed by atoms with E-state index in [1.54, 1.807) is 0 Å². The van der Waals surface area contributed by atoms with Crippen LogP contribution in [-0.2, 0) is 0 Å². The zero-order valence-electron chi connectivity index (χ0n) is 18.5. The molecule has 1 N–H and O–H groups in total. The van der Waals surface area contributed by atoms with Crippen LogP contribution in [0.4, 0.5) is 0 Å². The quantitative estimate of drug-likeness (QED) is 0.494. The molecule has 0 aliphatic carbocycles. The molecule has 0 aliphatic rings. The van der Waals surface area contributed by atoms with Crippen LogP contribution in [0.2, 0.25) is 0 Å². The van der Waals surface area contributed by atoms with Gasteiger partial charge < -0.3 is 5.32 Å². The van der Waals surface area contributed by atoms with Gasteiger partial charge in [0, 0.05) is 6.04 Å². The molecule has 138 valence electrons. The Balaban J connectivity index is -0.0000000550. The average molecular weight is 316 g/mol. The third-order valence-electron chi connectivity index (χ3n) is 1.15. The van der Waals surface area contributed by atoms with E-state index in [9.17, 15) is 0 Å². The molecular weight excluding hydrogens is 266 g/mol. The molecule has 0 aromatic carbocycles. The minimum Gasteiger partial charge on any atom is -0.318 e. The Morgan fingerprint density at radius 1 is 0.773 bits per heavy atom. The lowest BCUT2D eigenvalue weighted by Gasteiger charge is -1.95.